The molecule has 0 unspecified atom stereocenters. The maximum absolute atomic E-state index is 10.3. The number of carboxylic acids is 1. The van der Waals surface area contributed by atoms with Crippen LogP contribution in [0.2, 0.25) is 0 Å². The average molecular weight is 320 g/mol. The van der Waals surface area contributed by atoms with Crippen molar-refractivity contribution in [3.05, 3.63) is 48.3 Å². The smallest absolute Gasteiger partial charge is 0.303 e. The highest BCUT2D eigenvalue weighted by molar-refractivity contribution is 5.66. The second-order valence-electron chi connectivity index (χ2n) is 5.56. The lowest BCUT2D eigenvalue weighted by Crippen LogP contribution is -1.92. The van der Waals surface area contributed by atoms with Crippen LogP contribution in [0.4, 0.5) is 0 Å². The number of rotatable bonds is 14. The Balaban J connectivity index is 3.56. The number of aliphatic hydroxyl groups excluding tert-OH is 1. The first-order valence-electron chi connectivity index (χ1n) is 8.71. The van der Waals surface area contributed by atoms with Gasteiger partial charge in [0, 0.05) is 12.8 Å². The van der Waals surface area contributed by atoms with E-state index in [-0.39, 0.29) is 6.42 Å². The number of unbranched alkanes of at least 4 members (excludes halogenated alkanes) is 3. The van der Waals surface area contributed by atoms with Crippen molar-refractivity contribution >= 4 is 5.97 Å². The molecule has 0 bridgehead atoms. The molecule has 0 aliphatic rings. The van der Waals surface area contributed by atoms with Crippen LogP contribution >= 0.6 is 0 Å². The summed E-state index contributed by atoms with van der Waals surface area (Å²) in [6, 6.07) is 0. The molecule has 0 heterocycles. The first-order valence-corrected chi connectivity index (χ1v) is 8.71. The van der Waals surface area contributed by atoms with Gasteiger partial charge in [-0.3, -0.25) is 4.79 Å². The minimum absolute atomic E-state index is 0.244. The zero-order valence-electron chi connectivity index (χ0n) is 14.4. The topological polar surface area (TPSA) is 57.5 Å². The second-order valence-corrected chi connectivity index (χ2v) is 5.56. The van der Waals surface area contributed by atoms with Crippen molar-refractivity contribution in [2.45, 2.75) is 71.1 Å². The summed E-state index contributed by atoms with van der Waals surface area (Å²) in [6.45, 7) is 2.16. The summed E-state index contributed by atoms with van der Waals surface area (Å²) in [6.07, 6.45) is 22.9. The minimum Gasteiger partial charge on any atom is -0.513 e. The van der Waals surface area contributed by atoms with Gasteiger partial charge in [0.2, 0.25) is 0 Å². The molecule has 0 aromatic rings. The molecule has 2 N–H and O–H groups in total. The van der Waals surface area contributed by atoms with Crippen LogP contribution in [0, 0.1) is 0 Å². The van der Waals surface area contributed by atoms with E-state index in [9.17, 15) is 9.90 Å². The van der Waals surface area contributed by atoms with E-state index in [1.165, 1.54) is 12.8 Å². The molecule has 0 atom stereocenters. The van der Waals surface area contributed by atoms with Crippen molar-refractivity contribution in [1.29, 1.82) is 0 Å². The third-order valence-electron chi connectivity index (χ3n) is 3.33. The number of hydrogen-bond acceptors (Lipinski definition) is 2. The lowest BCUT2D eigenvalue weighted by molar-refractivity contribution is -0.137. The molecule has 0 radical (unpaired) electrons. The maximum atomic E-state index is 10.3. The Morgan fingerprint density at radius 2 is 1.39 bits per heavy atom. The van der Waals surface area contributed by atoms with Gasteiger partial charge in [-0.2, -0.15) is 0 Å². The van der Waals surface area contributed by atoms with E-state index < -0.39 is 5.97 Å². The molecule has 0 saturated heterocycles. The van der Waals surface area contributed by atoms with Crippen LogP contribution in [0.25, 0.3) is 0 Å². The summed E-state index contributed by atoms with van der Waals surface area (Å²) < 4.78 is 0. The molecule has 0 saturated carbocycles. The van der Waals surface area contributed by atoms with Crippen molar-refractivity contribution in [3.8, 4) is 0 Å². The Bertz CT molecular complexity index is 403. The zero-order chi connectivity index (χ0) is 17.2. The van der Waals surface area contributed by atoms with Gasteiger partial charge in [0.15, 0.2) is 0 Å². The van der Waals surface area contributed by atoms with Crippen LogP contribution in [-0.2, 0) is 4.79 Å². The number of hydrogen-bond donors (Lipinski definition) is 2. The van der Waals surface area contributed by atoms with Crippen LogP contribution in [-0.4, -0.2) is 16.2 Å². The molecular weight excluding hydrogens is 288 g/mol. The standard InChI is InChI=1S/C20H32O3/c1-2-3-13-16-19(21)17-14-11-9-7-5-4-6-8-10-12-15-18-20(22)23/h4-5,8-11,17,21H,2-3,6-7,12-16,18H2,1H3,(H,22,23). The molecule has 0 aliphatic carbocycles. The number of allylic oxidation sites excluding steroid dienone is 8. The minimum atomic E-state index is -0.728. The van der Waals surface area contributed by atoms with Gasteiger partial charge in [-0.1, -0.05) is 56.2 Å². The highest BCUT2D eigenvalue weighted by Crippen LogP contribution is 2.07. The van der Waals surface area contributed by atoms with E-state index in [4.69, 9.17) is 5.11 Å². The molecule has 0 aromatic carbocycles. The van der Waals surface area contributed by atoms with Crippen LogP contribution < -0.4 is 0 Å². The Morgan fingerprint density at radius 1 is 0.783 bits per heavy atom. The number of aliphatic carboxylic acids is 1. The fourth-order valence-electron chi connectivity index (χ4n) is 1.99. The highest BCUT2D eigenvalue weighted by atomic mass is 16.4. The molecule has 23 heavy (non-hydrogen) atoms. The van der Waals surface area contributed by atoms with E-state index >= 15 is 0 Å². The van der Waals surface area contributed by atoms with Gasteiger partial charge in [-0.05, 0) is 44.6 Å². The van der Waals surface area contributed by atoms with E-state index in [0.717, 1.165) is 38.5 Å². The summed E-state index contributed by atoms with van der Waals surface area (Å²) in [7, 11) is 0. The predicted octanol–water partition coefficient (Wildman–Crippen LogP) is 6.10. The van der Waals surface area contributed by atoms with Crippen LogP contribution in [0.5, 0.6) is 0 Å². The van der Waals surface area contributed by atoms with E-state index in [2.05, 4.69) is 37.3 Å². The third-order valence-corrected chi connectivity index (χ3v) is 3.33. The van der Waals surface area contributed by atoms with E-state index in [1.807, 2.05) is 12.2 Å². The summed E-state index contributed by atoms with van der Waals surface area (Å²) >= 11 is 0. The largest absolute Gasteiger partial charge is 0.513 e. The second kappa shape index (κ2) is 16.6. The summed E-state index contributed by atoms with van der Waals surface area (Å²) in [5.41, 5.74) is 0. The number of carbonyl (C=O) groups is 1. The molecule has 0 spiro atoms. The monoisotopic (exact) mass is 320 g/mol. The Labute approximate surface area is 141 Å². The van der Waals surface area contributed by atoms with Gasteiger partial charge >= 0.3 is 5.97 Å². The molecule has 0 aliphatic heterocycles. The zero-order valence-corrected chi connectivity index (χ0v) is 14.4. The summed E-state index contributed by atoms with van der Waals surface area (Å²) in [5.74, 6) is -0.221. The lowest BCUT2D eigenvalue weighted by Gasteiger charge is -1.97. The number of carboxylic acid groups (broad SMARTS) is 1. The van der Waals surface area contributed by atoms with Crippen LogP contribution in [0.3, 0.4) is 0 Å². The van der Waals surface area contributed by atoms with E-state index in [0.29, 0.717) is 12.2 Å². The van der Waals surface area contributed by atoms with Gasteiger partial charge in [0.25, 0.3) is 0 Å². The molecule has 0 aromatic heterocycles. The van der Waals surface area contributed by atoms with Gasteiger partial charge in [-0.15, -0.1) is 0 Å². The third kappa shape index (κ3) is 18.2. The van der Waals surface area contributed by atoms with Crippen molar-refractivity contribution in [1.82, 2.24) is 0 Å². The SMILES string of the molecule is CCCCCC(O)=CCC=CCC=CCC=CCCCC(=O)O. The maximum Gasteiger partial charge on any atom is 0.303 e. The molecule has 3 heteroatoms. The first kappa shape index (κ1) is 21.2. The molecule has 0 fully saturated rings. The van der Waals surface area contributed by atoms with Gasteiger partial charge in [-0.25, -0.2) is 0 Å². The predicted molar refractivity (Wildman–Crippen MR) is 97.6 cm³/mol. The van der Waals surface area contributed by atoms with Crippen molar-refractivity contribution in [2.75, 3.05) is 0 Å². The first-order chi connectivity index (χ1) is 11.2. The fraction of sp³-hybridized carbons (Fsp3) is 0.550. The Morgan fingerprint density at radius 3 is 2.00 bits per heavy atom. The molecule has 0 amide bonds. The van der Waals surface area contributed by atoms with Crippen molar-refractivity contribution in [3.63, 3.8) is 0 Å². The fourth-order valence-corrected chi connectivity index (χ4v) is 1.99. The molecule has 0 rings (SSSR count). The van der Waals surface area contributed by atoms with Crippen LogP contribution in [0.15, 0.2) is 48.3 Å². The lowest BCUT2D eigenvalue weighted by atomic mass is 10.1. The summed E-state index contributed by atoms with van der Waals surface area (Å²) in [4.78, 5) is 10.3. The molecule has 130 valence electrons. The molecule has 3 nitrogen and oxygen atoms in total. The Hall–Kier alpha value is -1.77. The normalized spacial score (nSPS) is 12.8. The van der Waals surface area contributed by atoms with Crippen molar-refractivity contribution < 1.29 is 15.0 Å². The van der Waals surface area contributed by atoms with Gasteiger partial charge in [0.1, 0.15) is 0 Å². The van der Waals surface area contributed by atoms with Gasteiger partial charge in [0.05, 0.1) is 5.76 Å². The van der Waals surface area contributed by atoms with E-state index in [1.54, 1.807) is 0 Å². The quantitative estimate of drug-likeness (QED) is 0.231. The highest BCUT2D eigenvalue weighted by Gasteiger charge is 1.93. The van der Waals surface area contributed by atoms with Crippen molar-refractivity contribution in [2.24, 2.45) is 0 Å². The van der Waals surface area contributed by atoms with Crippen LogP contribution in [0.1, 0.15) is 71.1 Å². The Kier molecular flexibility index (Phi) is 15.3. The van der Waals surface area contributed by atoms with Gasteiger partial charge < -0.3 is 10.2 Å². The number of aliphatic hydroxyl groups is 1. The summed E-state index contributed by atoms with van der Waals surface area (Å²) in [5, 5.41) is 18.1. The molecular formula is C20H32O3. The average Bonchev–Trinajstić information content (AvgIpc) is 2.51.